The molecule has 0 aliphatic rings. The van der Waals surface area contributed by atoms with Gasteiger partial charge in [-0.1, -0.05) is 23.8 Å². The van der Waals surface area contributed by atoms with Crippen molar-refractivity contribution in [2.24, 2.45) is 0 Å². The van der Waals surface area contributed by atoms with Gasteiger partial charge in [-0.2, -0.15) is 5.10 Å². The molecule has 4 N–H and O–H groups in total. The van der Waals surface area contributed by atoms with Gasteiger partial charge < -0.3 is 4.98 Å². The first-order valence-electron chi connectivity index (χ1n) is 7.99. The highest BCUT2D eigenvalue weighted by Crippen LogP contribution is 2.18. The van der Waals surface area contributed by atoms with Crippen LogP contribution < -0.4 is 10.9 Å². The fourth-order valence-corrected chi connectivity index (χ4v) is 2.69. The van der Waals surface area contributed by atoms with Crippen molar-refractivity contribution < 1.29 is 9.59 Å². The number of aromatic amines is 2. The first kappa shape index (κ1) is 17.6. The molecule has 9 heteroatoms. The number of carbonyl (C=O) groups excluding carboxylic acids is 2. The molecule has 0 saturated heterocycles. The number of nitrogens with zero attached hydrogens (tertiary/aromatic N) is 2. The number of amides is 2. The molecule has 2 heterocycles. The number of nitrogens with one attached hydrogen (secondary N) is 4. The third-order valence-corrected chi connectivity index (χ3v) is 4.07. The van der Waals surface area contributed by atoms with Crippen molar-refractivity contribution in [1.82, 2.24) is 30.6 Å². The predicted octanol–water partition coefficient (Wildman–Crippen LogP) is 2.10. The van der Waals surface area contributed by atoms with Gasteiger partial charge in [-0.15, -0.1) is 0 Å². The largest absolute Gasteiger partial charge is 0.357 e. The van der Waals surface area contributed by atoms with E-state index in [2.05, 4.69) is 26.0 Å². The summed E-state index contributed by atoms with van der Waals surface area (Å²) in [4.78, 5) is 26.5. The Balaban J connectivity index is 1.61. The van der Waals surface area contributed by atoms with Gasteiger partial charge in [-0.25, -0.2) is 0 Å². The smallest absolute Gasteiger partial charge is 0.286 e. The highest BCUT2D eigenvalue weighted by atomic mass is 32.1. The Hall–Kier alpha value is -3.20. The van der Waals surface area contributed by atoms with Crippen LogP contribution in [-0.4, -0.2) is 31.6 Å². The quantitative estimate of drug-likeness (QED) is 0.407. The van der Waals surface area contributed by atoms with Crippen LogP contribution in [0.25, 0.3) is 11.4 Å². The van der Waals surface area contributed by atoms with Gasteiger partial charge >= 0.3 is 0 Å². The zero-order chi connectivity index (χ0) is 18.5. The fraction of sp³-hybridized carbons (Fsp3) is 0.176. The second-order valence-corrected chi connectivity index (χ2v) is 6.10. The third-order valence-electron chi connectivity index (χ3n) is 3.76. The van der Waals surface area contributed by atoms with Gasteiger partial charge in [0.15, 0.2) is 10.6 Å². The van der Waals surface area contributed by atoms with Gasteiger partial charge in [0.1, 0.15) is 5.69 Å². The summed E-state index contributed by atoms with van der Waals surface area (Å²) in [6.07, 6.45) is 1.77. The minimum atomic E-state index is -0.413. The Morgan fingerprint density at radius 2 is 2.08 bits per heavy atom. The summed E-state index contributed by atoms with van der Waals surface area (Å²) in [5, 5.41) is 7.01. The zero-order valence-corrected chi connectivity index (χ0v) is 14.9. The SMILES string of the molecule is Cc1cccc(-c2n[nH]c(=S)n2CCC(=O)NNC(=O)c2ccc[nH]2)c1. The molecule has 0 unspecified atom stereocenters. The van der Waals surface area contributed by atoms with Crippen LogP contribution in [0.1, 0.15) is 22.5 Å². The van der Waals surface area contributed by atoms with Crippen LogP contribution in [0, 0.1) is 11.7 Å². The summed E-state index contributed by atoms with van der Waals surface area (Å²) < 4.78 is 2.20. The Kier molecular flexibility index (Phi) is 5.28. The van der Waals surface area contributed by atoms with E-state index in [9.17, 15) is 9.59 Å². The Morgan fingerprint density at radius 1 is 1.23 bits per heavy atom. The van der Waals surface area contributed by atoms with Crippen molar-refractivity contribution in [3.05, 3.63) is 58.6 Å². The van der Waals surface area contributed by atoms with E-state index in [-0.39, 0.29) is 12.3 Å². The molecule has 2 aromatic heterocycles. The molecule has 0 bridgehead atoms. The van der Waals surface area contributed by atoms with Crippen LogP contribution in [0.5, 0.6) is 0 Å². The van der Waals surface area contributed by atoms with Crippen molar-refractivity contribution in [2.75, 3.05) is 0 Å². The molecule has 0 aliphatic heterocycles. The van der Waals surface area contributed by atoms with Crippen LogP contribution >= 0.6 is 12.2 Å². The minimum Gasteiger partial charge on any atom is -0.357 e. The van der Waals surface area contributed by atoms with Crippen molar-refractivity contribution in [3.63, 3.8) is 0 Å². The van der Waals surface area contributed by atoms with E-state index < -0.39 is 5.91 Å². The Morgan fingerprint density at radius 3 is 2.81 bits per heavy atom. The van der Waals surface area contributed by atoms with Crippen LogP contribution in [0.2, 0.25) is 0 Å². The summed E-state index contributed by atoms with van der Waals surface area (Å²) >= 11 is 5.26. The molecule has 134 valence electrons. The number of aryl methyl sites for hydroxylation is 1. The van der Waals surface area contributed by atoms with E-state index in [4.69, 9.17) is 12.2 Å². The molecule has 0 atom stereocenters. The van der Waals surface area contributed by atoms with Gasteiger partial charge in [-0.3, -0.25) is 30.1 Å². The second kappa shape index (κ2) is 7.79. The normalized spacial score (nSPS) is 10.5. The molecule has 0 aliphatic carbocycles. The standard InChI is InChI=1S/C17H18N6O2S/c1-11-4-2-5-12(10-11)15-20-22-17(26)23(15)9-7-14(24)19-21-16(25)13-6-3-8-18-13/h2-6,8,10,18H,7,9H2,1H3,(H,19,24)(H,21,25)(H,22,26). The highest BCUT2D eigenvalue weighted by Gasteiger charge is 2.12. The van der Waals surface area contributed by atoms with E-state index in [1.165, 1.54) is 0 Å². The van der Waals surface area contributed by atoms with E-state index in [1.54, 1.807) is 22.9 Å². The molecule has 3 rings (SSSR count). The number of rotatable bonds is 5. The Labute approximate surface area is 154 Å². The van der Waals surface area contributed by atoms with Crippen molar-refractivity contribution >= 4 is 24.0 Å². The van der Waals surface area contributed by atoms with Gasteiger partial charge in [-0.05, 0) is 37.3 Å². The van der Waals surface area contributed by atoms with Gasteiger partial charge in [0.25, 0.3) is 5.91 Å². The Bertz CT molecular complexity index is 973. The molecule has 0 saturated carbocycles. The average molecular weight is 370 g/mol. The summed E-state index contributed by atoms with van der Waals surface area (Å²) in [6.45, 7) is 2.33. The lowest BCUT2D eigenvalue weighted by Gasteiger charge is -2.09. The van der Waals surface area contributed by atoms with E-state index in [0.717, 1.165) is 11.1 Å². The zero-order valence-electron chi connectivity index (χ0n) is 14.1. The van der Waals surface area contributed by atoms with Crippen LogP contribution in [-0.2, 0) is 11.3 Å². The van der Waals surface area contributed by atoms with Gasteiger partial charge in [0.05, 0.1) is 0 Å². The number of H-pyrrole nitrogens is 2. The number of hydrogen-bond acceptors (Lipinski definition) is 4. The first-order chi connectivity index (χ1) is 12.5. The maximum absolute atomic E-state index is 12.0. The number of aromatic nitrogens is 4. The van der Waals surface area contributed by atoms with E-state index in [1.807, 2.05) is 31.2 Å². The molecule has 26 heavy (non-hydrogen) atoms. The molecule has 3 aromatic rings. The molecular weight excluding hydrogens is 352 g/mol. The summed E-state index contributed by atoms with van der Waals surface area (Å²) in [7, 11) is 0. The lowest BCUT2D eigenvalue weighted by atomic mass is 10.1. The predicted molar refractivity (Wildman–Crippen MR) is 98.6 cm³/mol. The van der Waals surface area contributed by atoms with Crippen molar-refractivity contribution in [1.29, 1.82) is 0 Å². The summed E-state index contributed by atoms with van der Waals surface area (Å²) in [5.74, 6) is -0.0751. The van der Waals surface area contributed by atoms with Crippen LogP contribution in [0.4, 0.5) is 0 Å². The monoisotopic (exact) mass is 370 g/mol. The number of hydrogen-bond donors (Lipinski definition) is 4. The summed E-state index contributed by atoms with van der Waals surface area (Å²) in [5.41, 5.74) is 7.12. The molecular formula is C17H18N6O2S. The molecule has 2 amide bonds. The lowest BCUT2D eigenvalue weighted by Crippen LogP contribution is -2.42. The summed E-state index contributed by atoms with van der Waals surface area (Å²) in [6, 6.07) is 11.2. The number of hydrazine groups is 1. The molecule has 8 nitrogen and oxygen atoms in total. The third kappa shape index (κ3) is 4.06. The minimum absolute atomic E-state index is 0.137. The maximum atomic E-state index is 12.0. The van der Waals surface area contributed by atoms with Gasteiger partial charge in [0, 0.05) is 24.7 Å². The molecule has 0 radical (unpaired) electrons. The average Bonchev–Trinajstić information content (AvgIpc) is 3.28. The van der Waals surface area contributed by atoms with E-state index in [0.29, 0.717) is 22.8 Å². The number of benzene rings is 1. The van der Waals surface area contributed by atoms with Crippen molar-refractivity contribution in [3.8, 4) is 11.4 Å². The van der Waals surface area contributed by atoms with Crippen LogP contribution in [0.3, 0.4) is 0 Å². The second-order valence-electron chi connectivity index (χ2n) is 5.71. The fourth-order valence-electron chi connectivity index (χ4n) is 2.47. The first-order valence-corrected chi connectivity index (χ1v) is 8.40. The highest BCUT2D eigenvalue weighted by molar-refractivity contribution is 7.71. The van der Waals surface area contributed by atoms with Crippen molar-refractivity contribution in [2.45, 2.75) is 19.9 Å². The van der Waals surface area contributed by atoms with Crippen LogP contribution in [0.15, 0.2) is 42.6 Å². The topological polar surface area (TPSA) is 108 Å². The molecule has 0 spiro atoms. The molecule has 0 fully saturated rings. The molecule has 1 aromatic carbocycles. The maximum Gasteiger partial charge on any atom is 0.286 e. The number of carbonyl (C=O) groups is 2. The lowest BCUT2D eigenvalue weighted by molar-refractivity contribution is -0.122. The van der Waals surface area contributed by atoms with Gasteiger partial charge in [0.2, 0.25) is 5.91 Å². The van der Waals surface area contributed by atoms with E-state index >= 15 is 0 Å².